The molecule has 2 aromatic rings. The van der Waals surface area contributed by atoms with Crippen LogP contribution < -0.4 is 10.7 Å². The predicted molar refractivity (Wildman–Crippen MR) is 103 cm³/mol. The summed E-state index contributed by atoms with van der Waals surface area (Å²) >= 11 is 0. The van der Waals surface area contributed by atoms with Gasteiger partial charge in [0, 0.05) is 5.69 Å². The molecule has 2 rings (SSSR count). The second-order valence-corrected chi connectivity index (χ2v) is 5.55. The van der Waals surface area contributed by atoms with Crippen LogP contribution in [0.5, 0.6) is 0 Å². The molecule has 0 atom stereocenters. The molecule has 0 aliphatic heterocycles. The summed E-state index contributed by atoms with van der Waals surface area (Å²) in [4.78, 5) is 35.2. The van der Waals surface area contributed by atoms with E-state index >= 15 is 0 Å². The Hall–Kier alpha value is -3.48. The van der Waals surface area contributed by atoms with Crippen LogP contribution in [0.15, 0.2) is 53.6 Å². The van der Waals surface area contributed by atoms with E-state index in [9.17, 15) is 14.4 Å². The van der Waals surface area contributed by atoms with Gasteiger partial charge in [0.25, 0.3) is 0 Å². The highest BCUT2D eigenvalue weighted by Gasteiger charge is 2.13. The van der Waals surface area contributed by atoms with E-state index in [1.165, 1.54) is 36.0 Å². The van der Waals surface area contributed by atoms with E-state index in [1.807, 2.05) is 24.3 Å². The highest BCUT2D eigenvalue weighted by molar-refractivity contribution is 6.39. The number of aryl methyl sites for hydroxylation is 1. The van der Waals surface area contributed by atoms with Gasteiger partial charge < -0.3 is 10.1 Å². The molecular weight excluding hydrogens is 346 g/mol. The summed E-state index contributed by atoms with van der Waals surface area (Å²) in [6, 6.07) is 13.7. The normalized spacial score (nSPS) is 10.4. The van der Waals surface area contributed by atoms with Crippen molar-refractivity contribution in [2.75, 3.05) is 11.9 Å². The first-order chi connectivity index (χ1) is 13.0. The summed E-state index contributed by atoms with van der Waals surface area (Å²) in [5.41, 5.74) is 4.91. The molecule has 0 saturated heterocycles. The fraction of sp³-hybridized carbons (Fsp3) is 0.200. The Morgan fingerprint density at radius 2 is 1.63 bits per heavy atom. The summed E-state index contributed by atoms with van der Waals surface area (Å²) in [5.74, 6) is -2.21. The lowest BCUT2D eigenvalue weighted by Gasteiger charge is -2.05. The Labute approximate surface area is 157 Å². The molecule has 0 aromatic heterocycles. The topological polar surface area (TPSA) is 96.9 Å². The SMILES string of the molecule is CCOC(=O)c1ccc(NC(=O)C(=O)N/N=C\c2ccc(CC)cc2)cc1. The number of nitrogens with zero attached hydrogens (tertiary/aromatic N) is 1. The van der Waals surface area contributed by atoms with E-state index in [0.29, 0.717) is 11.3 Å². The van der Waals surface area contributed by atoms with E-state index in [1.54, 1.807) is 6.92 Å². The number of benzene rings is 2. The molecule has 7 heteroatoms. The standard InChI is InChI=1S/C20H21N3O4/c1-3-14-5-7-15(8-6-14)13-21-23-19(25)18(24)22-17-11-9-16(10-12-17)20(26)27-4-2/h5-13H,3-4H2,1-2H3,(H,22,24)(H,23,25)/b21-13-. The number of ether oxygens (including phenoxy) is 1. The lowest BCUT2D eigenvalue weighted by atomic mass is 10.1. The molecule has 0 saturated carbocycles. The molecule has 140 valence electrons. The Balaban J connectivity index is 1.86. The number of carbonyl (C=O) groups excluding carboxylic acids is 3. The van der Waals surface area contributed by atoms with E-state index in [4.69, 9.17) is 4.74 Å². The lowest BCUT2D eigenvalue weighted by molar-refractivity contribution is -0.136. The molecule has 0 fully saturated rings. The first-order valence-electron chi connectivity index (χ1n) is 8.54. The molecule has 2 aromatic carbocycles. The van der Waals surface area contributed by atoms with Crippen molar-refractivity contribution in [1.82, 2.24) is 5.43 Å². The quantitative estimate of drug-likeness (QED) is 0.355. The number of hydrazone groups is 1. The van der Waals surface area contributed by atoms with E-state index in [2.05, 4.69) is 22.8 Å². The smallest absolute Gasteiger partial charge is 0.338 e. The number of nitrogens with one attached hydrogen (secondary N) is 2. The first-order valence-corrected chi connectivity index (χ1v) is 8.54. The molecule has 0 spiro atoms. The number of anilines is 1. The first kappa shape index (κ1) is 19.8. The second-order valence-electron chi connectivity index (χ2n) is 5.55. The monoisotopic (exact) mass is 367 g/mol. The van der Waals surface area contributed by atoms with Crippen LogP contribution in [0.4, 0.5) is 5.69 Å². The molecule has 7 nitrogen and oxygen atoms in total. The van der Waals surface area contributed by atoms with Crippen molar-refractivity contribution in [2.45, 2.75) is 20.3 Å². The summed E-state index contributed by atoms with van der Waals surface area (Å²) in [5, 5.41) is 6.20. The summed E-state index contributed by atoms with van der Waals surface area (Å²) in [6.45, 7) is 4.06. The second kappa shape index (κ2) is 9.86. The molecule has 2 N–H and O–H groups in total. The van der Waals surface area contributed by atoms with Gasteiger partial charge in [-0.3, -0.25) is 9.59 Å². The van der Waals surface area contributed by atoms with Crippen LogP contribution in [0.1, 0.15) is 35.3 Å². The fourth-order valence-electron chi connectivity index (χ4n) is 2.15. The highest BCUT2D eigenvalue weighted by atomic mass is 16.5. The van der Waals surface area contributed by atoms with Crippen molar-refractivity contribution in [1.29, 1.82) is 0 Å². The summed E-state index contributed by atoms with van der Waals surface area (Å²) in [7, 11) is 0. The van der Waals surface area contributed by atoms with Crippen molar-refractivity contribution >= 4 is 29.7 Å². The molecule has 0 radical (unpaired) electrons. The Bertz CT molecular complexity index is 827. The zero-order chi connectivity index (χ0) is 19.6. The predicted octanol–water partition coefficient (Wildman–Crippen LogP) is 2.51. The van der Waals surface area contributed by atoms with Crippen LogP contribution in [0.2, 0.25) is 0 Å². The van der Waals surface area contributed by atoms with Gasteiger partial charge >= 0.3 is 17.8 Å². The van der Waals surface area contributed by atoms with Gasteiger partial charge in [-0.05, 0) is 48.7 Å². The summed E-state index contributed by atoms with van der Waals surface area (Å²) < 4.78 is 4.87. The van der Waals surface area contributed by atoms with E-state index in [0.717, 1.165) is 12.0 Å². The van der Waals surface area contributed by atoms with Crippen molar-refractivity contribution < 1.29 is 19.1 Å². The Morgan fingerprint density at radius 1 is 0.963 bits per heavy atom. The minimum Gasteiger partial charge on any atom is -0.462 e. The van der Waals surface area contributed by atoms with Crippen LogP contribution in [-0.4, -0.2) is 30.6 Å². The average molecular weight is 367 g/mol. The zero-order valence-corrected chi connectivity index (χ0v) is 15.2. The zero-order valence-electron chi connectivity index (χ0n) is 15.2. The van der Waals surface area contributed by atoms with Crippen molar-refractivity contribution in [3.8, 4) is 0 Å². The average Bonchev–Trinajstić information content (AvgIpc) is 2.69. The largest absolute Gasteiger partial charge is 0.462 e. The maximum absolute atomic E-state index is 11.9. The molecule has 0 unspecified atom stereocenters. The number of hydrogen-bond acceptors (Lipinski definition) is 5. The molecular formula is C20H21N3O4. The maximum Gasteiger partial charge on any atom is 0.338 e. The number of hydrogen-bond donors (Lipinski definition) is 2. The number of esters is 1. The third kappa shape index (κ3) is 6.07. The molecule has 0 bridgehead atoms. The van der Waals surface area contributed by atoms with Crippen LogP contribution in [-0.2, 0) is 20.7 Å². The third-order valence-corrected chi connectivity index (χ3v) is 3.63. The molecule has 27 heavy (non-hydrogen) atoms. The number of amides is 2. The van der Waals surface area contributed by atoms with Crippen LogP contribution in [0.25, 0.3) is 0 Å². The van der Waals surface area contributed by atoms with Gasteiger partial charge in [0.15, 0.2) is 0 Å². The van der Waals surface area contributed by atoms with Crippen molar-refractivity contribution in [3.05, 3.63) is 65.2 Å². The Kier molecular flexibility index (Phi) is 7.25. The van der Waals surface area contributed by atoms with Gasteiger partial charge in [0.1, 0.15) is 0 Å². The van der Waals surface area contributed by atoms with Crippen molar-refractivity contribution in [3.63, 3.8) is 0 Å². The van der Waals surface area contributed by atoms with Crippen molar-refractivity contribution in [2.24, 2.45) is 5.10 Å². The summed E-state index contributed by atoms with van der Waals surface area (Å²) in [6.07, 6.45) is 2.40. The number of rotatable bonds is 6. The van der Waals surface area contributed by atoms with Gasteiger partial charge in [-0.25, -0.2) is 10.2 Å². The molecule has 0 aliphatic rings. The minimum atomic E-state index is -0.897. The van der Waals surface area contributed by atoms with E-state index in [-0.39, 0.29) is 6.61 Å². The van der Waals surface area contributed by atoms with Gasteiger partial charge in [-0.15, -0.1) is 0 Å². The Morgan fingerprint density at radius 3 is 2.22 bits per heavy atom. The van der Waals surface area contributed by atoms with Gasteiger partial charge in [0.05, 0.1) is 18.4 Å². The molecule has 0 aliphatic carbocycles. The number of carbonyl (C=O) groups is 3. The third-order valence-electron chi connectivity index (χ3n) is 3.63. The van der Waals surface area contributed by atoms with E-state index < -0.39 is 17.8 Å². The van der Waals surface area contributed by atoms with Gasteiger partial charge in [-0.1, -0.05) is 31.2 Å². The highest BCUT2D eigenvalue weighted by Crippen LogP contribution is 2.10. The van der Waals surface area contributed by atoms with Crippen LogP contribution >= 0.6 is 0 Å². The fourth-order valence-corrected chi connectivity index (χ4v) is 2.15. The lowest BCUT2D eigenvalue weighted by Crippen LogP contribution is -2.32. The minimum absolute atomic E-state index is 0.279. The molecule has 0 heterocycles. The molecule has 2 amide bonds. The maximum atomic E-state index is 11.9. The van der Waals surface area contributed by atoms with Crippen LogP contribution in [0, 0.1) is 0 Å². The van der Waals surface area contributed by atoms with Gasteiger partial charge in [0.2, 0.25) is 0 Å². The van der Waals surface area contributed by atoms with Gasteiger partial charge in [-0.2, -0.15) is 5.10 Å². The van der Waals surface area contributed by atoms with Crippen LogP contribution in [0.3, 0.4) is 0 Å².